The predicted octanol–water partition coefficient (Wildman–Crippen LogP) is 4.69. The average molecular weight is 633 g/mol. The van der Waals surface area contributed by atoms with E-state index in [0.717, 1.165) is 36.9 Å². The normalized spacial score (nSPS) is 28.5. The largest absolute Gasteiger partial charge is 0.464 e. The molecule has 6 rings (SSSR count). The maximum Gasteiger partial charge on any atom is 0.410 e. The third-order valence-corrected chi connectivity index (χ3v) is 9.45. The van der Waals surface area contributed by atoms with Crippen molar-refractivity contribution in [1.29, 1.82) is 0 Å². The number of carbonyl (C=O) groups excluding carboxylic acids is 4. The lowest BCUT2D eigenvalue weighted by molar-refractivity contribution is -0.150. The molecule has 2 aromatic carbocycles. The van der Waals surface area contributed by atoms with Crippen LogP contribution in [0.25, 0.3) is 0 Å². The van der Waals surface area contributed by atoms with Gasteiger partial charge in [0.05, 0.1) is 19.7 Å². The molecular weight excluding hydrogens is 591 g/mol. The van der Waals surface area contributed by atoms with Gasteiger partial charge in [-0.1, -0.05) is 55.3 Å². The van der Waals surface area contributed by atoms with E-state index < -0.39 is 41.7 Å². The van der Waals surface area contributed by atoms with Crippen LogP contribution < -0.4 is 10.6 Å². The van der Waals surface area contributed by atoms with Crippen LogP contribution in [-0.4, -0.2) is 70.6 Å². The first-order valence-corrected chi connectivity index (χ1v) is 16.3. The highest BCUT2D eigenvalue weighted by Crippen LogP contribution is 2.46. The highest BCUT2D eigenvalue weighted by molar-refractivity contribution is 5.96. The van der Waals surface area contributed by atoms with E-state index in [1.165, 1.54) is 15.9 Å². The minimum absolute atomic E-state index is 0.0144. The first-order valence-electron chi connectivity index (χ1n) is 16.3. The number of hydrogen-bond acceptors (Lipinski definition) is 7. The minimum Gasteiger partial charge on any atom is -0.464 e. The van der Waals surface area contributed by atoms with Crippen LogP contribution in [-0.2, 0) is 36.9 Å². The number of hydrogen-bond donors (Lipinski definition) is 2. The minimum atomic E-state index is -1.19. The summed E-state index contributed by atoms with van der Waals surface area (Å²) in [6.07, 6.45) is 7.15. The van der Waals surface area contributed by atoms with Gasteiger partial charge in [-0.15, -0.1) is 0 Å². The number of fused-ring (bicyclic) bond motifs is 3. The van der Waals surface area contributed by atoms with Crippen molar-refractivity contribution in [2.75, 3.05) is 18.5 Å². The Balaban J connectivity index is 1.25. The number of nitrogens with zero attached hydrogens (tertiary/aromatic N) is 2. The molecule has 0 radical (unpaired) electrons. The Hall–Kier alpha value is -4.41. The fraction of sp³-hybridized carbons (Fsp3) is 0.486. The fourth-order valence-electron chi connectivity index (χ4n) is 6.86. The Morgan fingerprint density at radius 1 is 1.07 bits per heavy atom. The summed E-state index contributed by atoms with van der Waals surface area (Å²) in [6.45, 7) is 2.21. The lowest BCUT2D eigenvalue weighted by Crippen LogP contribution is -2.55. The highest BCUT2D eigenvalue weighted by Gasteiger charge is 2.62. The molecule has 244 valence electrons. The number of carbonyl (C=O) groups is 4. The molecule has 0 bridgehead atoms. The van der Waals surface area contributed by atoms with Crippen LogP contribution in [0.5, 0.6) is 0 Å². The molecule has 2 N–H and O–H groups in total. The topological polar surface area (TPSA) is 117 Å². The summed E-state index contributed by atoms with van der Waals surface area (Å²) < 4.78 is 25.6. The number of allylic oxidation sites excluding steroid dienone is 1. The van der Waals surface area contributed by atoms with Crippen molar-refractivity contribution in [3.05, 3.63) is 77.6 Å². The second-order valence-corrected chi connectivity index (χ2v) is 12.6. The molecule has 5 atom stereocenters. The van der Waals surface area contributed by atoms with Gasteiger partial charge in [0, 0.05) is 30.1 Å². The molecule has 3 heterocycles. The van der Waals surface area contributed by atoms with Crippen LogP contribution >= 0.6 is 0 Å². The molecule has 1 aliphatic carbocycles. The van der Waals surface area contributed by atoms with Crippen LogP contribution in [0.1, 0.15) is 63.0 Å². The van der Waals surface area contributed by atoms with Crippen molar-refractivity contribution >= 4 is 29.6 Å². The molecule has 2 fully saturated rings. The summed E-state index contributed by atoms with van der Waals surface area (Å²) in [6, 6.07) is 12.6. The van der Waals surface area contributed by atoms with Crippen molar-refractivity contribution in [1.82, 2.24) is 15.1 Å². The molecule has 1 saturated heterocycles. The van der Waals surface area contributed by atoms with Gasteiger partial charge in [0.2, 0.25) is 11.8 Å². The number of esters is 1. The third-order valence-electron chi connectivity index (χ3n) is 9.45. The maximum atomic E-state index is 14.3. The van der Waals surface area contributed by atoms with Gasteiger partial charge in [-0.25, -0.2) is 14.0 Å². The molecule has 46 heavy (non-hydrogen) atoms. The van der Waals surface area contributed by atoms with E-state index in [0.29, 0.717) is 18.4 Å². The molecule has 0 unspecified atom stereocenters. The smallest absolute Gasteiger partial charge is 0.410 e. The van der Waals surface area contributed by atoms with Crippen LogP contribution in [0.2, 0.25) is 0 Å². The van der Waals surface area contributed by atoms with E-state index in [9.17, 15) is 23.6 Å². The van der Waals surface area contributed by atoms with Crippen molar-refractivity contribution < 1.29 is 33.0 Å². The van der Waals surface area contributed by atoms with E-state index >= 15 is 0 Å². The van der Waals surface area contributed by atoms with Gasteiger partial charge in [-0.2, -0.15) is 0 Å². The Morgan fingerprint density at radius 2 is 1.89 bits per heavy atom. The van der Waals surface area contributed by atoms with E-state index in [4.69, 9.17) is 9.47 Å². The number of rotatable bonds is 5. The molecular formula is C35H41FN4O6. The molecule has 0 spiro atoms. The van der Waals surface area contributed by atoms with Gasteiger partial charge in [-0.3, -0.25) is 14.5 Å². The third kappa shape index (κ3) is 6.59. The van der Waals surface area contributed by atoms with E-state index in [1.807, 2.05) is 36.4 Å². The first-order chi connectivity index (χ1) is 22.3. The van der Waals surface area contributed by atoms with Crippen molar-refractivity contribution in [2.45, 2.75) is 88.7 Å². The second-order valence-electron chi connectivity index (χ2n) is 12.6. The van der Waals surface area contributed by atoms with E-state index in [1.54, 1.807) is 19.1 Å². The number of ether oxygens (including phenoxy) is 2. The van der Waals surface area contributed by atoms with Gasteiger partial charge in [0.15, 0.2) is 0 Å². The zero-order chi connectivity index (χ0) is 32.3. The molecule has 3 amide bonds. The Bertz CT molecular complexity index is 1500. The summed E-state index contributed by atoms with van der Waals surface area (Å²) in [5.74, 6) is -1.83. The highest BCUT2D eigenvalue weighted by atomic mass is 19.1. The maximum absolute atomic E-state index is 14.3. The zero-order valence-corrected chi connectivity index (χ0v) is 26.1. The van der Waals surface area contributed by atoms with E-state index in [-0.39, 0.29) is 50.3 Å². The average Bonchev–Trinajstić information content (AvgIpc) is 3.35. The van der Waals surface area contributed by atoms with Crippen LogP contribution in [0.4, 0.5) is 14.9 Å². The molecule has 1 saturated carbocycles. The number of para-hydroxylation sites is 1. The first kappa shape index (κ1) is 31.6. The quantitative estimate of drug-likeness (QED) is 0.363. The van der Waals surface area contributed by atoms with Crippen LogP contribution in [0.15, 0.2) is 60.7 Å². The molecule has 4 aliphatic rings. The van der Waals surface area contributed by atoms with Gasteiger partial charge in [0.1, 0.15) is 29.5 Å². The summed E-state index contributed by atoms with van der Waals surface area (Å²) in [7, 11) is 0. The van der Waals surface area contributed by atoms with Crippen molar-refractivity contribution in [3.8, 4) is 0 Å². The van der Waals surface area contributed by atoms with Gasteiger partial charge in [-0.05, 0) is 56.4 Å². The molecule has 2 aromatic rings. The fourth-order valence-corrected chi connectivity index (χ4v) is 6.86. The monoisotopic (exact) mass is 632 g/mol. The SMILES string of the molecule is CCOC(=O)[C@@]12C[C@H]1/C=C\CCCCC[C@H](Nc1ccccc1)C(=O)N1C[C@H](OC(=O)N3Cc4cccc(F)c4C3)C[C@H]1C(=O)N2. The second kappa shape index (κ2) is 13.5. The number of anilines is 1. The van der Waals surface area contributed by atoms with Crippen molar-refractivity contribution in [2.24, 2.45) is 5.92 Å². The summed E-state index contributed by atoms with van der Waals surface area (Å²) in [4.78, 5) is 57.6. The lowest BCUT2D eigenvalue weighted by Gasteiger charge is -2.30. The summed E-state index contributed by atoms with van der Waals surface area (Å²) in [5, 5.41) is 6.32. The van der Waals surface area contributed by atoms with E-state index in [2.05, 4.69) is 16.7 Å². The summed E-state index contributed by atoms with van der Waals surface area (Å²) in [5.41, 5.74) is 0.770. The Kier molecular flexibility index (Phi) is 9.28. The molecule has 10 nitrogen and oxygen atoms in total. The Morgan fingerprint density at radius 3 is 2.67 bits per heavy atom. The standard InChI is InChI=1S/C35H41FN4O6/c1-2-45-33(43)35-19-24(35)13-7-4-3-5-10-17-29(37-25-14-8-6-9-15-25)32(42)40-21-26(18-30(40)31(41)38-35)46-34(44)39-20-23-12-11-16-28(36)27(23)22-39/h6-9,11-16,24,26,29-30,37H,2-5,10,17-22H2,1H3,(H,38,41)/b13-7-/t24-,26-,29+,30+,35-/m1/s1. The number of benzene rings is 2. The summed E-state index contributed by atoms with van der Waals surface area (Å²) >= 11 is 0. The molecule has 11 heteroatoms. The number of amides is 3. The van der Waals surface area contributed by atoms with Gasteiger partial charge in [0.25, 0.3) is 0 Å². The van der Waals surface area contributed by atoms with Gasteiger partial charge >= 0.3 is 12.1 Å². The zero-order valence-electron chi connectivity index (χ0n) is 26.1. The predicted molar refractivity (Wildman–Crippen MR) is 168 cm³/mol. The van der Waals surface area contributed by atoms with Gasteiger partial charge < -0.3 is 25.0 Å². The molecule has 3 aliphatic heterocycles. The molecule has 0 aromatic heterocycles. The number of nitrogens with one attached hydrogen (secondary N) is 2. The lowest BCUT2D eigenvalue weighted by atomic mass is 10.0. The van der Waals surface area contributed by atoms with Crippen LogP contribution in [0.3, 0.4) is 0 Å². The van der Waals surface area contributed by atoms with Crippen LogP contribution in [0, 0.1) is 11.7 Å². The Labute approximate surface area is 268 Å². The number of halogens is 1. The van der Waals surface area contributed by atoms with Crippen molar-refractivity contribution in [3.63, 3.8) is 0 Å².